The van der Waals surface area contributed by atoms with Crippen molar-refractivity contribution in [2.75, 3.05) is 6.54 Å². The van der Waals surface area contributed by atoms with Crippen LogP contribution in [-0.2, 0) is 0 Å². The molecule has 0 unspecified atom stereocenters. The van der Waals surface area contributed by atoms with Crippen LogP contribution in [0.1, 0.15) is 12.6 Å². The maximum Gasteiger partial charge on any atom is 0.186 e. The van der Waals surface area contributed by atoms with Crippen molar-refractivity contribution >= 4 is 23.5 Å². The smallest absolute Gasteiger partial charge is 0.186 e. The molecule has 4 nitrogen and oxygen atoms in total. The molecule has 0 saturated heterocycles. The van der Waals surface area contributed by atoms with Gasteiger partial charge in [-0.25, -0.2) is 0 Å². The molecule has 2 N–H and O–H groups in total. The van der Waals surface area contributed by atoms with Crippen LogP contribution in [0.25, 0.3) is 5.69 Å². The summed E-state index contributed by atoms with van der Waals surface area (Å²) < 4.78 is 2.06. The summed E-state index contributed by atoms with van der Waals surface area (Å²) in [6.07, 6.45) is 3.75. The fourth-order valence-electron chi connectivity index (χ4n) is 1.68. The van der Waals surface area contributed by atoms with Crippen molar-refractivity contribution in [1.82, 2.24) is 15.3 Å². The van der Waals surface area contributed by atoms with Crippen LogP contribution < -0.4 is 10.7 Å². The first-order chi connectivity index (χ1) is 9.31. The van der Waals surface area contributed by atoms with Crippen molar-refractivity contribution in [3.63, 3.8) is 0 Å². The molecule has 0 saturated carbocycles. The molecule has 2 rings (SSSR count). The molecule has 0 amide bonds. The Labute approximate surface area is 118 Å². The van der Waals surface area contributed by atoms with Crippen molar-refractivity contribution in [2.45, 2.75) is 6.92 Å². The monoisotopic (exact) mass is 272 g/mol. The van der Waals surface area contributed by atoms with Gasteiger partial charge in [-0.2, -0.15) is 5.10 Å². The number of hydrogen-bond acceptors (Lipinski definition) is 2. The average molecular weight is 272 g/mol. The van der Waals surface area contributed by atoms with E-state index < -0.39 is 0 Å². The van der Waals surface area contributed by atoms with Crippen molar-refractivity contribution < 1.29 is 0 Å². The second-order valence-electron chi connectivity index (χ2n) is 3.87. The van der Waals surface area contributed by atoms with E-state index in [-0.39, 0.29) is 0 Å². The van der Waals surface area contributed by atoms with Crippen LogP contribution in [0.15, 0.2) is 53.8 Å². The van der Waals surface area contributed by atoms with Gasteiger partial charge in [-0.3, -0.25) is 5.43 Å². The van der Waals surface area contributed by atoms with Crippen molar-refractivity contribution in [2.24, 2.45) is 5.10 Å². The molecule has 1 heterocycles. The Kier molecular flexibility index (Phi) is 4.69. The number of nitrogens with one attached hydrogen (secondary N) is 2. The summed E-state index contributed by atoms with van der Waals surface area (Å²) in [4.78, 5) is 0. The van der Waals surface area contributed by atoms with E-state index in [0.29, 0.717) is 5.11 Å². The summed E-state index contributed by atoms with van der Waals surface area (Å²) in [5, 5.41) is 7.62. The van der Waals surface area contributed by atoms with Gasteiger partial charge in [0.15, 0.2) is 5.11 Å². The highest BCUT2D eigenvalue weighted by Crippen LogP contribution is 2.10. The first-order valence-electron chi connectivity index (χ1n) is 6.11. The molecule has 0 bridgehead atoms. The van der Waals surface area contributed by atoms with E-state index in [4.69, 9.17) is 12.2 Å². The minimum Gasteiger partial charge on any atom is -0.362 e. The summed E-state index contributed by atoms with van der Waals surface area (Å²) >= 11 is 5.03. The summed E-state index contributed by atoms with van der Waals surface area (Å²) in [5.74, 6) is 0. The summed E-state index contributed by atoms with van der Waals surface area (Å²) in [5.41, 5.74) is 4.86. The zero-order chi connectivity index (χ0) is 13.5. The van der Waals surface area contributed by atoms with Crippen LogP contribution in [0.4, 0.5) is 0 Å². The third kappa shape index (κ3) is 3.66. The number of hydrazone groups is 1. The molecular weight excluding hydrogens is 256 g/mol. The minimum absolute atomic E-state index is 0.525. The summed E-state index contributed by atoms with van der Waals surface area (Å²) in [6.45, 7) is 2.76. The van der Waals surface area contributed by atoms with Gasteiger partial charge in [-0.05, 0) is 43.4 Å². The average Bonchev–Trinajstić information content (AvgIpc) is 2.88. The molecule has 0 aliphatic rings. The van der Waals surface area contributed by atoms with E-state index in [1.165, 1.54) is 0 Å². The van der Waals surface area contributed by atoms with Gasteiger partial charge in [0.05, 0.1) is 11.9 Å². The Morgan fingerprint density at radius 3 is 2.79 bits per heavy atom. The molecule has 0 atom stereocenters. The Balaban J connectivity index is 2.08. The van der Waals surface area contributed by atoms with Crippen molar-refractivity contribution in [3.05, 3.63) is 54.4 Å². The zero-order valence-electron chi connectivity index (χ0n) is 10.7. The lowest BCUT2D eigenvalue weighted by molar-refractivity contribution is 0.902. The van der Waals surface area contributed by atoms with E-state index in [2.05, 4.69) is 20.4 Å². The zero-order valence-corrected chi connectivity index (χ0v) is 11.5. The molecule has 0 aliphatic heterocycles. The maximum absolute atomic E-state index is 5.03. The second kappa shape index (κ2) is 6.70. The lowest BCUT2D eigenvalue weighted by Crippen LogP contribution is -2.31. The third-order valence-electron chi connectivity index (χ3n) is 2.51. The van der Waals surface area contributed by atoms with Gasteiger partial charge in [-0.15, -0.1) is 0 Å². The van der Waals surface area contributed by atoms with Crippen LogP contribution in [0.5, 0.6) is 0 Å². The topological polar surface area (TPSA) is 41.4 Å². The number of thiocarbonyl (C=S) groups is 1. The van der Waals surface area contributed by atoms with Gasteiger partial charge in [0.2, 0.25) is 0 Å². The van der Waals surface area contributed by atoms with Crippen molar-refractivity contribution in [3.8, 4) is 5.69 Å². The van der Waals surface area contributed by atoms with Gasteiger partial charge in [0, 0.05) is 18.4 Å². The molecule has 2 aromatic rings. The van der Waals surface area contributed by atoms with E-state index in [9.17, 15) is 0 Å². The van der Waals surface area contributed by atoms with Gasteiger partial charge in [-0.1, -0.05) is 18.2 Å². The number of nitrogens with zero attached hydrogens (tertiary/aromatic N) is 2. The molecule has 19 heavy (non-hydrogen) atoms. The summed E-state index contributed by atoms with van der Waals surface area (Å²) in [6, 6.07) is 14.1. The molecule has 5 heteroatoms. The molecule has 98 valence electrons. The van der Waals surface area contributed by atoms with Crippen LogP contribution in [0.3, 0.4) is 0 Å². The predicted octanol–water partition coefficient (Wildman–Crippen LogP) is 2.30. The Morgan fingerprint density at radius 2 is 2.05 bits per heavy atom. The van der Waals surface area contributed by atoms with E-state index in [0.717, 1.165) is 17.9 Å². The van der Waals surface area contributed by atoms with Gasteiger partial charge < -0.3 is 9.88 Å². The molecule has 1 aromatic heterocycles. The molecule has 0 fully saturated rings. The standard InChI is InChI=1S/C14H16N4S/c1-2-15-14(19)17-16-11-13-9-6-10-18(13)12-7-4-3-5-8-12/h3-11H,2H2,1H3,(H2,15,17,19)/b16-11-. The van der Waals surface area contributed by atoms with Crippen LogP contribution in [-0.4, -0.2) is 22.4 Å². The largest absolute Gasteiger partial charge is 0.362 e. The highest BCUT2D eigenvalue weighted by Gasteiger charge is 1.99. The van der Waals surface area contributed by atoms with E-state index >= 15 is 0 Å². The molecule has 0 radical (unpaired) electrons. The van der Waals surface area contributed by atoms with Gasteiger partial charge >= 0.3 is 0 Å². The summed E-state index contributed by atoms with van der Waals surface area (Å²) in [7, 11) is 0. The predicted molar refractivity (Wildman–Crippen MR) is 82.8 cm³/mol. The molecule has 0 aliphatic carbocycles. The Morgan fingerprint density at radius 1 is 1.26 bits per heavy atom. The van der Waals surface area contributed by atoms with Gasteiger partial charge in [0.25, 0.3) is 0 Å². The number of para-hydroxylation sites is 1. The Bertz CT molecular complexity index is 560. The van der Waals surface area contributed by atoms with Crippen molar-refractivity contribution in [1.29, 1.82) is 0 Å². The molecule has 0 spiro atoms. The third-order valence-corrected chi connectivity index (χ3v) is 2.75. The highest BCUT2D eigenvalue weighted by atomic mass is 32.1. The minimum atomic E-state index is 0.525. The maximum atomic E-state index is 5.03. The molecule has 1 aromatic carbocycles. The quantitative estimate of drug-likeness (QED) is 0.510. The lowest BCUT2D eigenvalue weighted by atomic mass is 10.3. The normalized spacial score (nSPS) is 10.6. The van der Waals surface area contributed by atoms with Crippen LogP contribution >= 0.6 is 12.2 Å². The van der Waals surface area contributed by atoms with E-state index in [1.54, 1.807) is 6.21 Å². The number of rotatable bonds is 4. The number of benzene rings is 1. The highest BCUT2D eigenvalue weighted by molar-refractivity contribution is 7.80. The number of hydrogen-bond donors (Lipinski definition) is 2. The SMILES string of the molecule is CCNC(=S)N/N=C\c1cccn1-c1ccccc1. The number of aromatic nitrogens is 1. The first-order valence-corrected chi connectivity index (χ1v) is 6.51. The fourth-order valence-corrected chi connectivity index (χ4v) is 1.88. The second-order valence-corrected chi connectivity index (χ2v) is 4.28. The Hall–Kier alpha value is -2.14. The first kappa shape index (κ1) is 13.3. The van der Waals surface area contributed by atoms with Crippen LogP contribution in [0.2, 0.25) is 0 Å². The molecular formula is C14H16N4S. The van der Waals surface area contributed by atoms with E-state index in [1.807, 2.05) is 55.6 Å². The fraction of sp³-hybridized carbons (Fsp3) is 0.143. The van der Waals surface area contributed by atoms with Crippen LogP contribution in [0, 0.1) is 0 Å². The van der Waals surface area contributed by atoms with Gasteiger partial charge in [0.1, 0.15) is 0 Å². The lowest BCUT2D eigenvalue weighted by Gasteiger charge is -2.06.